The number of ether oxygens (including phenoxy) is 1. The molecule has 2 aromatic carbocycles. The molecule has 3 N–H and O–H groups in total. The van der Waals surface area contributed by atoms with Crippen LogP contribution < -0.4 is 15.8 Å². The summed E-state index contributed by atoms with van der Waals surface area (Å²) in [6.45, 7) is 2.22. The summed E-state index contributed by atoms with van der Waals surface area (Å²) in [6.07, 6.45) is 5.56. The Morgan fingerprint density at radius 2 is 1.76 bits per heavy atom. The second-order valence-corrected chi connectivity index (χ2v) is 9.73. The zero-order valence-corrected chi connectivity index (χ0v) is 20.8. The molecule has 1 unspecified atom stereocenters. The second kappa shape index (κ2) is 9.87. The predicted molar refractivity (Wildman–Crippen MR) is 149 cm³/mol. The van der Waals surface area contributed by atoms with Crippen LogP contribution in [0.25, 0.3) is 26.9 Å². The maximum absolute atomic E-state index is 6.08. The number of hydrogen-bond acceptors (Lipinski definition) is 9. The van der Waals surface area contributed by atoms with Crippen LogP contribution in [-0.2, 0) is 0 Å². The van der Waals surface area contributed by atoms with Crippen molar-refractivity contribution in [2.24, 2.45) is 5.92 Å². The lowest BCUT2D eigenvalue weighted by Gasteiger charge is -2.12. The molecule has 0 aliphatic carbocycles. The van der Waals surface area contributed by atoms with Crippen LogP contribution in [0.1, 0.15) is 12.6 Å². The van der Waals surface area contributed by atoms with Gasteiger partial charge in [-0.05, 0) is 48.4 Å². The molecule has 0 saturated heterocycles. The van der Waals surface area contributed by atoms with Gasteiger partial charge in [0.15, 0.2) is 5.82 Å². The van der Waals surface area contributed by atoms with Gasteiger partial charge in [0.05, 0.1) is 11.3 Å². The van der Waals surface area contributed by atoms with Gasteiger partial charge < -0.3 is 15.8 Å². The summed E-state index contributed by atoms with van der Waals surface area (Å²) >= 11 is 1.84. The summed E-state index contributed by atoms with van der Waals surface area (Å²) in [7, 11) is 0. The third kappa shape index (κ3) is 4.81. The maximum Gasteiger partial charge on any atom is 0.228 e. The fraction of sp³-hybridized carbons (Fsp3) is 0.107. The van der Waals surface area contributed by atoms with E-state index in [1.165, 1.54) is 4.91 Å². The maximum atomic E-state index is 6.08. The lowest BCUT2D eigenvalue weighted by atomic mass is 10.1. The summed E-state index contributed by atoms with van der Waals surface area (Å²) in [5, 5.41) is 14.6. The molecule has 0 fully saturated rings. The molecule has 182 valence electrons. The third-order valence-electron chi connectivity index (χ3n) is 5.91. The summed E-state index contributed by atoms with van der Waals surface area (Å²) in [6, 6.07) is 21.3. The fourth-order valence-electron chi connectivity index (χ4n) is 4.15. The van der Waals surface area contributed by atoms with E-state index in [0.717, 1.165) is 33.5 Å². The SMILES string of the molecule is CC1C=C(c2nnc(Nc3ccc(Oc4ncccc4-c4ccnc(N)n4)cc3)c3ccccc23)SC1. The average molecular weight is 506 g/mol. The molecule has 9 heteroatoms. The number of rotatable bonds is 6. The molecule has 6 rings (SSSR count). The Labute approximate surface area is 218 Å². The highest BCUT2D eigenvalue weighted by molar-refractivity contribution is 8.08. The van der Waals surface area contributed by atoms with Crippen molar-refractivity contribution in [3.05, 3.63) is 90.9 Å². The Bertz CT molecular complexity index is 1620. The molecule has 0 radical (unpaired) electrons. The number of thioether (sulfide) groups is 1. The monoisotopic (exact) mass is 505 g/mol. The van der Waals surface area contributed by atoms with Crippen LogP contribution in [0.3, 0.4) is 0 Å². The van der Waals surface area contributed by atoms with Crippen molar-refractivity contribution in [3.8, 4) is 22.9 Å². The summed E-state index contributed by atoms with van der Waals surface area (Å²) in [4.78, 5) is 13.8. The molecule has 4 heterocycles. The smallest absolute Gasteiger partial charge is 0.228 e. The summed E-state index contributed by atoms with van der Waals surface area (Å²) in [5.74, 6) is 3.59. The van der Waals surface area contributed by atoms with Gasteiger partial charge in [0.25, 0.3) is 0 Å². The van der Waals surface area contributed by atoms with Crippen LogP contribution in [0, 0.1) is 5.92 Å². The van der Waals surface area contributed by atoms with Crippen LogP contribution in [-0.4, -0.2) is 30.9 Å². The van der Waals surface area contributed by atoms with Crippen molar-refractivity contribution in [1.29, 1.82) is 0 Å². The van der Waals surface area contributed by atoms with Crippen molar-refractivity contribution in [2.75, 3.05) is 16.8 Å². The van der Waals surface area contributed by atoms with Gasteiger partial charge in [-0.2, -0.15) is 0 Å². The fourth-order valence-corrected chi connectivity index (χ4v) is 5.30. The number of nitrogens with two attached hydrogens (primary N) is 1. The summed E-state index contributed by atoms with van der Waals surface area (Å²) < 4.78 is 6.08. The lowest BCUT2D eigenvalue weighted by Crippen LogP contribution is -2.00. The number of fused-ring (bicyclic) bond motifs is 1. The molecule has 0 amide bonds. The van der Waals surface area contributed by atoms with Crippen molar-refractivity contribution in [3.63, 3.8) is 0 Å². The minimum absolute atomic E-state index is 0.194. The second-order valence-electron chi connectivity index (χ2n) is 8.67. The highest BCUT2D eigenvalue weighted by atomic mass is 32.2. The first-order valence-electron chi connectivity index (χ1n) is 11.8. The first-order chi connectivity index (χ1) is 18.1. The Kier molecular flexibility index (Phi) is 6.11. The van der Waals surface area contributed by atoms with Crippen molar-refractivity contribution >= 4 is 44.9 Å². The number of nitrogen functional groups attached to an aromatic ring is 1. The van der Waals surface area contributed by atoms with E-state index in [2.05, 4.69) is 55.6 Å². The highest BCUT2D eigenvalue weighted by Crippen LogP contribution is 2.39. The topological polar surface area (TPSA) is 112 Å². The van der Waals surface area contributed by atoms with Crippen LogP contribution in [0.4, 0.5) is 17.5 Å². The predicted octanol–water partition coefficient (Wildman–Crippen LogP) is 6.32. The highest BCUT2D eigenvalue weighted by Gasteiger charge is 2.19. The quantitative estimate of drug-likeness (QED) is 0.274. The van der Waals surface area contributed by atoms with E-state index in [0.29, 0.717) is 29.1 Å². The molecule has 5 aromatic rings. The van der Waals surface area contributed by atoms with Crippen LogP contribution >= 0.6 is 11.8 Å². The normalized spacial score (nSPS) is 14.9. The zero-order chi connectivity index (χ0) is 25.2. The van der Waals surface area contributed by atoms with Crippen LogP contribution in [0.5, 0.6) is 11.6 Å². The Hall–Kier alpha value is -4.50. The van der Waals surface area contributed by atoms with E-state index in [-0.39, 0.29) is 5.95 Å². The Morgan fingerprint density at radius 1 is 0.919 bits per heavy atom. The Morgan fingerprint density at radius 3 is 2.54 bits per heavy atom. The molecule has 0 spiro atoms. The number of benzene rings is 2. The van der Waals surface area contributed by atoms with Crippen molar-refractivity contribution in [2.45, 2.75) is 6.92 Å². The zero-order valence-electron chi connectivity index (χ0n) is 20.0. The average Bonchev–Trinajstić information content (AvgIpc) is 3.36. The van der Waals surface area contributed by atoms with Crippen molar-refractivity contribution in [1.82, 2.24) is 25.1 Å². The minimum Gasteiger partial charge on any atom is -0.438 e. The largest absolute Gasteiger partial charge is 0.438 e. The molecular formula is C28H23N7OS. The van der Waals surface area contributed by atoms with E-state index < -0.39 is 0 Å². The molecule has 0 saturated carbocycles. The number of nitrogens with one attached hydrogen (secondary N) is 1. The number of allylic oxidation sites excluding steroid dienone is 1. The number of pyridine rings is 1. The van der Waals surface area contributed by atoms with Gasteiger partial charge in [-0.25, -0.2) is 15.0 Å². The van der Waals surface area contributed by atoms with Gasteiger partial charge in [0.2, 0.25) is 11.8 Å². The van der Waals surface area contributed by atoms with E-state index >= 15 is 0 Å². The molecule has 1 aliphatic rings. The van der Waals surface area contributed by atoms with Crippen LogP contribution in [0.2, 0.25) is 0 Å². The molecule has 1 aliphatic heterocycles. The van der Waals surface area contributed by atoms with Gasteiger partial charge in [-0.3, -0.25) is 0 Å². The van der Waals surface area contributed by atoms with E-state index in [4.69, 9.17) is 10.5 Å². The first kappa shape index (κ1) is 22.9. The van der Waals surface area contributed by atoms with Crippen molar-refractivity contribution < 1.29 is 4.74 Å². The van der Waals surface area contributed by atoms with Gasteiger partial charge in [0.1, 0.15) is 11.4 Å². The molecule has 37 heavy (non-hydrogen) atoms. The van der Waals surface area contributed by atoms with Gasteiger partial charge >= 0.3 is 0 Å². The molecule has 8 nitrogen and oxygen atoms in total. The Balaban J connectivity index is 1.24. The number of nitrogens with zero attached hydrogens (tertiary/aromatic N) is 5. The van der Waals surface area contributed by atoms with Crippen LogP contribution in [0.15, 0.2) is 85.2 Å². The standard InChI is InChI=1S/C28H23N7OS/c1-17-15-24(37-16-17)25-20-5-2-3-6-21(20)26(35-34-25)32-18-8-10-19(11-9-18)36-27-22(7-4-13-30-27)23-12-14-31-28(29)33-23/h2-15,17H,16H2,1H3,(H,32,35)(H2,29,31,33). The number of aromatic nitrogens is 5. The number of hydrogen-bond donors (Lipinski definition) is 2. The molecule has 0 bridgehead atoms. The number of anilines is 3. The van der Waals surface area contributed by atoms with Gasteiger partial charge in [-0.15, -0.1) is 22.0 Å². The van der Waals surface area contributed by atoms with Gasteiger partial charge in [0, 0.05) is 39.5 Å². The molecular weight excluding hydrogens is 482 g/mol. The third-order valence-corrected chi connectivity index (χ3v) is 7.24. The summed E-state index contributed by atoms with van der Waals surface area (Å²) in [5.41, 5.74) is 8.93. The minimum atomic E-state index is 0.194. The first-order valence-corrected chi connectivity index (χ1v) is 12.8. The van der Waals surface area contributed by atoms with E-state index in [1.807, 2.05) is 60.3 Å². The van der Waals surface area contributed by atoms with E-state index in [9.17, 15) is 0 Å². The molecule has 1 atom stereocenters. The molecule has 3 aromatic heterocycles. The van der Waals surface area contributed by atoms with E-state index in [1.54, 1.807) is 18.5 Å². The van der Waals surface area contributed by atoms with Gasteiger partial charge in [-0.1, -0.05) is 37.3 Å². The lowest BCUT2D eigenvalue weighted by molar-refractivity contribution is 0.465.